The first kappa shape index (κ1) is 11.3. The van der Waals surface area contributed by atoms with Gasteiger partial charge in [-0.2, -0.15) is 0 Å². The van der Waals surface area contributed by atoms with Crippen molar-refractivity contribution in [2.24, 2.45) is 0 Å². The second kappa shape index (κ2) is 4.16. The predicted octanol–water partition coefficient (Wildman–Crippen LogP) is 2.67. The molecule has 1 aromatic rings. The summed E-state index contributed by atoms with van der Waals surface area (Å²) in [6, 6.07) is 0.738. The monoisotopic (exact) mass is 315 g/mol. The van der Waals surface area contributed by atoms with Crippen molar-refractivity contribution in [2.75, 3.05) is 5.32 Å². The van der Waals surface area contributed by atoms with Gasteiger partial charge in [0.1, 0.15) is 5.82 Å². The standard InChI is InChI=1S/C8H5F3INO/c1-3(14)13-5-2-4(9)8(12)7(11)6(5)10/h2H,1H3,(H,13,14). The Morgan fingerprint density at radius 3 is 2.43 bits per heavy atom. The number of hydrogen-bond acceptors (Lipinski definition) is 1. The van der Waals surface area contributed by atoms with Crippen LogP contribution in [0.25, 0.3) is 0 Å². The molecule has 0 aromatic heterocycles. The van der Waals surface area contributed by atoms with Gasteiger partial charge in [-0.1, -0.05) is 0 Å². The molecule has 0 saturated carbocycles. The summed E-state index contributed by atoms with van der Waals surface area (Å²) in [5, 5.41) is 1.98. The van der Waals surface area contributed by atoms with Crippen LogP contribution in [0.1, 0.15) is 6.92 Å². The van der Waals surface area contributed by atoms with Gasteiger partial charge in [0.2, 0.25) is 5.91 Å². The zero-order chi connectivity index (χ0) is 10.9. The normalized spacial score (nSPS) is 10.1. The number of nitrogens with one attached hydrogen (secondary N) is 1. The zero-order valence-corrected chi connectivity index (χ0v) is 9.15. The molecule has 6 heteroatoms. The van der Waals surface area contributed by atoms with E-state index in [9.17, 15) is 18.0 Å². The highest BCUT2D eigenvalue weighted by Crippen LogP contribution is 2.24. The van der Waals surface area contributed by atoms with Crippen molar-refractivity contribution >= 4 is 34.2 Å². The van der Waals surface area contributed by atoms with Gasteiger partial charge >= 0.3 is 0 Å². The Bertz CT molecular complexity index is 395. The minimum absolute atomic E-state index is 0.436. The van der Waals surface area contributed by atoms with E-state index in [2.05, 4.69) is 0 Å². The van der Waals surface area contributed by atoms with Crippen molar-refractivity contribution in [3.05, 3.63) is 27.1 Å². The number of carbonyl (C=O) groups is 1. The maximum absolute atomic E-state index is 13.0. The summed E-state index contributed by atoms with van der Waals surface area (Å²) in [5.74, 6) is -4.06. The van der Waals surface area contributed by atoms with E-state index in [1.807, 2.05) is 5.32 Å². The lowest BCUT2D eigenvalue weighted by atomic mass is 10.3. The summed E-state index contributed by atoms with van der Waals surface area (Å²) >= 11 is 1.34. The van der Waals surface area contributed by atoms with E-state index in [0.717, 1.165) is 13.0 Å². The third-order valence-corrected chi connectivity index (χ3v) is 2.40. The van der Waals surface area contributed by atoms with Gasteiger partial charge in [-0.15, -0.1) is 0 Å². The second-order valence-corrected chi connectivity index (χ2v) is 3.61. The molecule has 1 N–H and O–H groups in total. The van der Waals surface area contributed by atoms with E-state index >= 15 is 0 Å². The minimum Gasteiger partial charge on any atom is -0.324 e. The largest absolute Gasteiger partial charge is 0.324 e. The van der Waals surface area contributed by atoms with Gasteiger partial charge in [0.25, 0.3) is 0 Å². The lowest BCUT2D eigenvalue weighted by molar-refractivity contribution is -0.114. The molecular formula is C8H5F3INO. The maximum atomic E-state index is 13.0. The SMILES string of the molecule is CC(=O)Nc1cc(F)c(I)c(F)c1F. The van der Waals surface area contributed by atoms with E-state index < -0.39 is 32.6 Å². The molecular weight excluding hydrogens is 310 g/mol. The zero-order valence-electron chi connectivity index (χ0n) is 7.00. The van der Waals surface area contributed by atoms with Crippen molar-refractivity contribution < 1.29 is 18.0 Å². The second-order valence-electron chi connectivity index (χ2n) is 2.53. The molecule has 2 nitrogen and oxygen atoms in total. The summed E-state index contributed by atoms with van der Waals surface area (Å²) in [6.07, 6.45) is 0. The van der Waals surface area contributed by atoms with Crippen LogP contribution in [0.2, 0.25) is 0 Å². The number of benzene rings is 1. The fraction of sp³-hybridized carbons (Fsp3) is 0.125. The van der Waals surface area contributed by atoms with Gasteiger partial charge in [0.05, 0.1) is 9.26 Å². The Balaban J connectivity index is 3.25. The van der Waals surface area contributed by atoms with Gasteiger partial charge in [-0.3, -0.25) is 4.79 Å². The summed E-state index contributed by atoms with van der Waals surface area (Å²) in [5.41, 5.74) is -0.493. The smallest absolute Gasteiger partial charge is 0.221 e. The molecule has 0 aliphatic heterocycles. The quantitative estimate of drug-likeness (QED) is 0.482. The third kappa shape index (κ3) is 2.17. The van der Waals surface area contributed by atoms with Crippen LogP contribution in [0, 0.1) is 21.0 Å². The van der Waals surface area contributed by atoms with E-state index in [1.54, 1.807) is 0 Å². The van der Waals surface area contributed by atoms with Crippen LogP contribution in [-0.4, -0.2) is 5.91 Å². The van der Waals surface area contributed by atoms with E-state index in [1.165, 1.54) is 22.6 Å². The summed E-state index contributed by atoms with van der Waals surface area (Å²) in [6.45, 7) is 1.12. The van der Waals surface area contributed by atoms with Crippen molar-refractivity contribution in [3.8, 4) is 0 Å². The van der Waals surface area contributed by atoms with Crippen molar-refractivity contribution in [2.45, 2.75) is 6.92 Å². The Labute approximate surface area is 91.6 Å². The fourth-order valence-corrected chi connectivity index (χ4v) is 1.25. The van der Waals surface area contributed by atoms with E-state index in [-0.39, 0.29) is 0 Å². The summed E-state index contributed by atoms with van der Waals surface area (Å²) in [7, 11) is 0. The molecule has 14 heavy (non-hydrogen) atoms. The first-order valence-corrected chi connectivity index (χ1v) is 4.62. The Hall–Kier alpha value is -0.790. The average molecular weight is 315 g/mol. The Morgan fingerprint density at radius 2 is 1.93 bits per heavy atom. The first-order chi connectivity index (χ1) is 6.43. The highest BCUT2D eigenvalue weighted by Gasteiger charge is 2.17. The van der Waals surface area contributed by atoms with Gasteiger partial charge in [0, 0.05) is 13.0 Å². The topological polar surface area (TPSA) is 29.1 Å². The van der Waals surface area contributed by atoms with E-state index in [4.69, 9.17) is 0 Å². The van der Waals surface area contributed by atoms with Crippen LogP contribution in [0.3, 0.4) is 0 Å². The maximum Gasteiger partial charge on any atom is 0.221 e. The average Bonchev–Trinajstić information content (AvgIpc) is 2.10. The van der Waals surface area contributed by atoms with Crippen molar-refractivity contribution in [3.63, 3.8) is 0 Å². The predicted molar refractivity (Wildman–Crippen MR) is 53.3 cm³/mol. The molecule has 1 aromatic carbocycles. The molecule has 0 radical (unpaired) electrons. The lowest BCUT2D eigenvalue weighted by Crippen LogP contribution is -2.10. The molecule has 0 atom stereocenters. The minimum atomic E-state index is -1.30. The molecule has 0 heterocycles. The number of carbonyl (C=O) groups excluding carboxylic acids is 1. The molecule has 0 bridgehead atoms. The highest BCUT2D eigenvalue weighted by molar-refractivity contribution is 14.1. The highest BCUT2D eigenvalue weighted by atomic mass is 127. The third-order valence-electron chi connectivity index (χ3n) is 1.41. The Morgan fingerprint density at radius 1 is 1.36 bits per heavy atom. The van der Waals surface area contributed by atoms with Gasteiger partial charge in [-0.05, 0) is 22.6 Å². The molecule has 0 aliphatic rings. The van der Waals surface area contributed by atoms with Gasteiger partial charge in [-0.25, -0.2) is 13.2 Å². The molecule has 0 unspecified atom stereocenters. The first-order valence-electron chi connectivity index (χ1n) is 3.54. The van der Waals surface area contributed by atoms with Gasteiger partial charge in [0.15, 0.2) is 11.6 Å². The van der Waals surface area contributed by atoms with Crippen molar-refractivity contribution in [1.29, 1.82) is 0 Å². The van der Waals surface area contributed by atoms with Crippen molar-refractivity contribution in [1.82, 2.24) is 0 Å². The van der Waals surface area contributed by atoms with Crippen LogP contribution >= 0.6 is 22.6 Å². The van der Waals surface area contributed by atoms with E-state index in [0.29, 0.717) is 0 Å². The Kier molecular flexibility index (Phi) is 3.35. The lowest BCUT2D eigenvalue weighted by Gasteiger charge is -2.06. The van der Waals surface area contributed by atoms with Crippen LogP contribution < -0.4 is 5.32 Å². The van der Waals surface area contributed by atoms with Gasteiger partial charge < -0.3 is 5.32 Å². The number of rotatable bonds is 1. The fourth-order valence-electron chi connectivity index (χ4n) is 0.853. The van der Waals surface area contributed by atoms with Crippen LogP contribution in [0.15, 0.2) is 6.07 Å². The molecule has 0 aliphatic carbocycles. The molecule has 1 amide bonds. The van der Waals surface area contributed by atoms with Crippen LogP contribution in [-0.2, 0) is 4.79 Å². The number of halogens is 4. The molecule has 0 spiro atoms. The van der Waals surface area contributed by atoms with Crippen LogP contribution in [0.4, 0.5) is 18.9 Å². The number of anilines is 1. The molecule has 0 saturated heterocycles. The van der Waals surface area contributed by atoms with Crippen LogP contribution in [0.5, 0.6) is 0 Å². The molecule has 1 rings (SSSR count). The number of amides is 1. The summed E-state index contributed by atoms with van der Waals surface area (Å²) < 4.78 is 38.4. The number of hydrogen-bond donors (Lipinski definition) is 1. The molecule has 0 fully saturated rings. The molecule has 76 valence electrons. The summed E-state index contributed by atoms with van der Waals surface area (Å²) in [4.78, 5) is 10.5.